The third-order valence-corrected chi connectivity index (χ3v) is 3.55. The highest BCUT2D eigenvalue weighted by atomic mass is 16.5. The molecule has 1 aromatic carbocycles. The van der Waals surface area contributed by atoms with Gasteiger partial charge in [0.2, 0.25) is 11.8 Å². The number of aldehydes is 1. The summed E-state index contributed by atoms with van der Waals surface area (Å²) < 4.78 is 4.98. The van der Waals surface area contributed by atoms with Gasteiger partial charge in [0.05, 0.1) is 6.04 Å². The molecule has 3 amide bonds. The van der Waals surface area contributed by atoms with Gasteiger partial charge in [-0.25, -0.2) is 4.79 Å². The number of carbonyl (C=O) groups is 4. The minimum atomic E-state index is -0.842. The van der Waals surface area contributed by atoms with E-state index in [0.717, 1.165) is 5.56 Å². The van der Waals surface area contributed by atoms with Crippen LogP contribution in [0.1, 0.15) is 26.3 Å². The molecule has 0 aliphatic rings. The smallest absolute Gasteiger partial charge is 0.407 e. The lowest BCUT2D eigenvalue weighted by molar-refractivity contribution is -0.129. The Morgan fingerprint density at radius 2 is 1.73 bits per heavy atom. The van der Waals surface area contributed by atoms with E-state index in [2.05, 4.69) is 16.0 Å². The average molecular weight is 363 g/mol. The molecule has 8 nitrogen and oxygen atoms in total. The Hall–Kier alpha value is -2.90. The fraction of sp³-hybridized carbons (Fsp3) is 0.444. The minimum Gasteiger partial charge on any atom is -0.445 e. The van der Waals surface area contributed by atoms with Crippen LogP contribution in [0.5, 0.6) is 0 Å². The number of hydrogen-bond donors (Lipinski definition) is 3. The third kappa shape index (κ3) is 7.78. The lowest BCUT2D eigenvalue weighted by Crippen LogP contribution is -2.51. The van der Waals surface area contributed by atoms with Crippen LogP contribution in [0.3, 0.4) is 0 Å². The minimum absolute atomic E-state index is 0.0552. The molecule has 0 aliphatic carbocycles. The number of rotatable bonds is 9. The van der Waals surface area contributed by atoms with Crippen LogP contribution >= 0.6 is 0 Å². The first kappa shape index (κ1) is 21.1. The van der Waals surface area contributed by atoms with E-state index in [9.17, 15) is 19.2 Å². The van der Waals surface area contributed by atoms with Crippen LogP contribution in [0.25, 0.3) is 0 Å². The van der Waals surface area contributed by atoms with Crippen LogP contribution in [0.15, 0.2) is 30.3 Å². The normalized spacial score (nSPS) is 12.6. The van der Waals surface area contributed by atoms with E-state index in [-0.39, 0.29) is 19.1 Å². The molecule has 0 heterocycles. The van der Waals surface area contributed by atoms with Crippen LogP contribution in [-0.4, -0.2) is 42.8 Å². The molecule has 1 aromatic rings. The summed E-state index contributed by atoms with van der Waals surface area (Å²) in [6.45, 7) is 4.85. The topological polar surface area (TPSA) is 114 Å². The number of ether oxygens (including phenoxy) is 1. The molecule has 0 saturated carbocycles. The average Bonchev–Trinajstić information content (AvgIpc) is 2.62. The van der Waals surface area contributed by atoms with Crippen LogP contribution in [0.2, 0.25) is 0 Å². The molecular formula is C18H25N3O5. The van der Waals surface area contributed by atoms with E-state index in [0.29, 0.717) is 6.29 Å². The van der Waals surface area contributed by atoms with Crippen molar-refractivity contribution >= 4 is 24.2 Å². The van der Waals surface area contributed by atoms with Crippen molar-refractivity contribution in [1.82, 2.24) is 16.0 Å². The Kier molecular flexibility index (Phi) is 8.83. The molecule has 0 spiro atoms. The number of amides is 3. The van der Waals surface area contributed by atoms with Gasteiger partial charge in [0.15, 0.2) is 0 Å². The summed E-state index contributed by atoms with van der Waals surface area (Å²) in [6.07, 6.45) is -0.0801. The van der Waals surface area contributed by atoms with Crippen molar-refractivity contribution in [3.63, 3.8) is 0 Å². The zero-order valence-electron chi connectivity index (χ0n) is 15.2. The molecule has 0 radical (unpaired) electrons. The number of alkyl carbamates (subject to hydrolysis) is 1. The Morgan fingerprint density at radius 3 is 2.31 bits per heavy atom. The summed E-state index contributed by atoms with van der Waals surface area (Å²) >= 11 is 0. The maximum atomic E-state index is 12.0. The molecule has 0 bridgehead atoms. The standard InChI is InChI=1S/C18H25N3O5/c1-12(2)15(10-22)21-17(24)13(3)20-16(23)9-19-18(25)26-11-14-7-5-4-6-8-14/h4-8,10,12-13,15H,9,11H2,1-3H3,(H,19,25)(H,20,23)(H,21,24)/t13-,15+/m0/s1. The van der Waals surface area contributed by atoms with Crippen molar-refractivity contribution in [3.8, 4) is 0 Å². The molecule has 0 fully saturated rings. The molecule has 0 aromatic heterocycles. The van der Waals surface area contributed by atoms with Crippen LogP contribution in [0, 0.1) is 5.92 Å². The summed E-state index contributed by atoms with van der Waals surface area (Å²) in [6, 6.07) is 7.66. The Bertz CT molecular complexity index is 619. The van der Waals surface area contributed by atoms with E-state index >= 15 is 0 Å². The predicted molar refractivity (Wildman–Crippen MR) is 95.1 cm³/mol. The van der Waals surface area contributed by atoms with E-state index < -0.39 is 30.0 Å². The number of carbonyl (C=O) groups excluding carboxylic acids is 4. The molecule has 1 rings (SSSR count). The zero-order valence-corrected chi connectivity index (χ0v) is 15.2. The number of benzene rings is 1. The largest absolute Gasteiger partial charge is 0.445 e. The first-order valence-corrected chi connectivity index (χ1v) is 8.33. The van der Waals surface area contributed by atoms with Crippen LogP contribution < -0.4 is 16.0 Å². The summed E-state index contributed by atoms with van der Waals surface area (Å²) in [7, 11) is 0. The molecule has 0 saturated heterocycles. The van der Waals surface area contributed by atoms with E-state index in [1.165, 1.54) is 6.92 Å². The van der Waals surface area contributed by atoms with E-state index in [1.807, 2.05) is 30.3 Å². The van der Waals surface area contributed by atoms with E-state index in [4.69, 9.17) is 4.74 Å². The fourth-order valence-corrected chi connectivity index (χ4v) is 1.93. The Balaban J connectivity index is 2.30. The maximum Gasteiger partial charge on any atom is 0.407 e. The first-order valence-electron chi connectivity index (χ1n) is 8.33. The molecule has 2 atom stereocenters. The van der Waals surface area contributed by atoms with Crippen molar-refractivity contribution in [2.24, 2.45) is 5.92 Å². The van der Waals surface area contributed by atoms with Gasteiger partial charge >= 0.3 is 6.09 Å². The highest BCUT2D eigenvalue weighted by molar-refractivity contribution is 5.90. The van der Waals surface area contributed by atoms with Gasteiger partial charge in [-0.1, -0.05) is 44.2 Å². The van der Waals surface area contributed by atoms with Crippen molar-refractivity contribution < 1.29 is 23.9 Å². The van der Waals surface area contributed by atoms with Gasteiger partial charge in [0.25, 0.3) is 0 Å². The Labute approximate surface area is 152 Å². The van der Waals surface area contributed by atoms with Gasteiger partial charge in [-0.15, -0.1) is 0 Å². The van der Waals surface area contributed by atoms with Gasteiger partial charge in [-0.05, 0) is 18.4 Å². The Morgan fingerprint density at radius 1 is 1.08 bits per heavy atom. The van der Waals surface area contributed by atoms with Crippen molar-refractivity contribution in [2.75, 3.05) is 6.54 Å². The van der Waals surface area contributed by atoms with Gasteiger partial charge in [-0.3, -0.25) is 9.59 Å². The van der Waals surface area contributed by atoms with Crippen molar-refractivity contribution in [1.29, 1.82) is 0 Å². The highest BCUT2D eigenvalue weighted by Crippen LogP contribution is 2.00. The number of nitrogens with one attached hydrogen (secondary N) is 3. The van der Waals surface area contributed by atoms with Crippen LogP contribution in [0.4, 0.5) is 4.79 Å². The first-order chi connectivity index (χ1) is 12.3. The summed E-state index contributed by atoms with van der Waals surface area (Å²) in [5.74, 6) is -1.08. The summed E-state index contributed by atoms with van der Waals surface area (Å²) in [5, 5.41) is 7.29. The molecular weight excluding hydrogens is 338 g/mol. The summed E-state index contributed by atoms with van der Waals surface area (Å²) in [5.41, 5.74) is 0.826. The van der Waals surface area contributed by atoms with Crippen molar-refractivity contribution in [2.45, 2.75) is 39.5 Å². The van der Waals surface area contributed by atoms with Gasteiger partial charge < -0.3 is 25.5 Å². The second kappa shape index (κ2) is 10.9. The fourth-order valence-electron chi connectivity index (χ4n) is 1.93. The zero-order chi connectivity index (χ0) is 19.5. The molecule has 26 heavy (non-hydrogen) atoms. The molecule has 8 heteroatoms. The van der Waals surface area contributed by atoms with Gasteiger partial charge in [0.1, 0.15) is 25.5 Å². The van der Waals surface area contributed by atoms with Gasteiger partial charge in [0, 0.05) is 0 Å². The SMILES string of the molecule is CC(C)[C@@H](C=O)NC(=O)[C@H](C)NC(=O)CNC(=O)OCc1ccccc1. The number of hydrogen-bond acceptors (Lipinski definition) is 5. The second-order valence-electron chi connectivity index (χ2n) is 6.12. The van der Waals surface area contributed by atoms with E-state index in [1.54, 1.807) is 13.8 Å². The monoisotopic (exact) mass is 363 g/mol. The molecule has 142 valence electrons. The van der Waals surface area contributed by atoms with Crippen LogP contribution in [-0.2, 0) is 25.7 Å². The predicted octanol–water partition coefficient (Wildman–Crippen LogP) is 0.757. The van der Waals surface area contributed by atoms with Crippen molar-refractivity contribution in [3.05, 3.63) is 35.9 Å². The molecule has 0 unspecified atom stereocenters. The second-order valence-corrected chi connectivity index (χ2v) is 6.12. The summed E-state index contributed by atoms with van der Waals surface area (Å²) in [4.78, 5) is 46.2. The quantitative estimate of drug-likeness (QED) is 0.561. The lowest BCUT2D eigenvalue weighted by atomic mass is 10.1. The molecule has 3 N–H and O–H groups in total. The third-order valence-electron chi connectivity index (χ3n) is 3.55. The highest BCUT2D eigenvalue weighted by Gasteiger charge is 2.21. The molecule has 0 aliphatic heterocycles. The lowest BCUT2D eigenvalue weighted by Gasteiger charge is -2.20. The maximum absolute atomic E-state index is 12.0. The van der Waals surface area contributed by atoms with Gasteiger partial charge in [-0.2, -0.15) is 0 Å².